The van der Waals surface area contributed by atoms with Crippen LogP contribution in [-0.2, 0) is 19.6 Å². The average Bonchev–Trinajstić information content (AvgIpc) is 2.87. The second-order valence-corrected chi connectivity index (χ2v) is 9.19. The number of amides is 1. The second kappa shape index (κ2) is 7.82. The van der Waals surface area contributed by atoms with Crippen LogP contribution in [-0.4, -0.2) is 42.7 Å². The number of rotatable bonds is 7. The van der Waals surface area contributed by atoms with E-state index < -0.39 is 33.2 Å². The molecule has 24 heavy (non-hydrogen) atoms. The number of carboxylic acid groups (broad SMARTS) is 1. The third-order valence-electron chi connectivity index (χ3n) is 5.14. The number of nitrogens with one attached hydrogen (secondary N) is 2. The van der Waals surface area contributed by atoms with Crippen molar-refractivity contribution in [3.8, 4) is 0 Å². The summed E-state index contributed by atoms with van der Waals surface area (Å²) in [5.41, 5.74) is -0.793. The number of sulfonamides is 1. The normalized spacial score (nSPS) is 26.9. The van der Waals surface area contributed by atoms with E-state index in [1.807, 2.05) is 0 Å². The summed E-state index contributed by atoms with van der Waals surface area (Å²) in [6.07, 6.45) is 6.26. The van der Waals surface area contributed by atoms with Gasteiger partial charge in [-0.15, -0.1) is 0 Å². The molecule has 3 N–H and O–H groups in total. The molecule has 0 heterocycles. The molecule has 2 rings (SSSR count). The molecule has 8 heteroatoms. The van der Waals surface area contributed by atoms with E-state index in [9.17, 15) is 18.0 Å². The predicted molar refractivity (Wildman–Crippen MR) is 89.9 cm³/mol. The highest BCUT2D eigenvalue weighted by Crippen LogP contribution is 2.32. The van der Waals surface area contributed by atoms with Crippen LogP contribution < -0.4 is 10.0 Å². The van der Waals surface area contributed by atoms with E-state index in [1.54, 1.807) is 0 Å². The van der Waals surface area contributed by atoms with E-state index in [1.165, 1.54) is 0 Å². The maximum atomic E-state index is 12.2. The minimum atomic E-state index is -3.70. The summed E-state index contributed by atoms with van der Waals surface area (Å²) in [6, 6.07) is -0.0986. The molecule has 7 nitrogen and oxygen atoms in total. The van der Waals surface area contributed by atoms with Crippen molar-refractivity contribution in [1.82, 2.24) is 10.0 Å². The van der Waals surface area contributed by atoms with Crippen LogP contribution in [0.5, 0.6) is 0 Å². The van der Waals surface area contributed by atoms with E-state index in [0.717, 1.165) is 38.5 Å². The van der Waals surface area contributed by atoms with Gasteiger partial charge in [-0.1, -0.05) is 19.8 Å². The van der Waals surface area contributed by atoms with Gasteiger partial charge in [-0.25, -0.2) is 13.1 Å². The first-order valence-electron chi connectivity index (χ1n) is 8.72. The lowest BCUT2D eigenvalue weighted by molar-refractivity contribution is -0.139. The molecule has 0 aliphatic heterocycles. The fourth-order valence-electron chi connectivity index (χ4n) is 3.87. The number of carbonyl (C=O) groups excluding carboxylic acids is 1. The van der Waals surface area contributed by atoms with Crippen LogP contribution in [0.4, 0.5) is 0 Å². The fraction of sp³-hybridized carbons (Fsp3) is 0.875. The largest absolute Gasteiger partial charge is 0.481 e. The fourth-order valence-corrected chi connectivity index (χ4v) is 5.11. The highest BCUT2D eigenvalue weighted by Gasteiger charge is 2.38. The summed E-state index contributed by atoms with van der Waals surface area (Å²) in [6.45, 7) is 2.15. The van der Waals surface area contributed by atoms with Gasteiger partial charge < -0.3 is 10.4 Å². The standard InChI is InChI=1S/C16H28N2O5S/c1-12-4-6-13(7-5-12)18-24(22,23)11-14(19)17-16(10-15(20)21)8-2-3-9-16/h12-13,18H,2-11H2,1H3,(H,17,19)(H,20,21). The van der Waals surface area contributed by atoms with Gasteiger partial charge in [0.25, 0.3) is 0 Å². The number of carboxylic acids is 1. The van der Waals surface area contributed by atoms with E-state index in [4.69, 9.17) is 5.11 Å². The lowest BCUT2D eigenvalue weighted by atomic mass is 9.88. The van der Waals surface area contributed by atoms with Gasteiger partial charge in [-0.05, 0) is 44.4 Å². The van der Waals surface area contributed by atoms with Crippen molar-refractivity contribution < 1.29 is 23.1 Å². The minimum Gasteiger partial charge on any atom is -0.481 e. The number of hydrogen-bond donors (Lipinski definition) is 3. The summed E-state index contributed by atoms with van der Waals surface area (Å²) < 4.78 is 27.0. The Hall–Kier alpha value is -1.15. The van der Waals surface area contributed by atoms with Gasteiger partial charge in [0.2, 0.25) is 15.9 Å². The van der Waals surface area contributed by atoms with Crippen molar-refractivity contribution in [3.05, 3.63) is 0 Å². The van der Waals surface area contributed by atoms with Crippen molar-refractivity contribution in [1.29, 1.82) is 0 Å². The molecule has 0 unspecified atom stereocenters. The van der Waals surface area contributed by atoms with Crippen molar-refractivity contribution in [3.63, 3.8) is 0 Å². The lowest BCUT2D eigenvalue weighted by Gasteiger charge is -2.29. The Labute approximate surface area is 143 Å². The van der Waals surface area contributed by atoms with Gasteiger partial charge in [-0.2, -0.15) is 0 Å². The molecule has 0 radical (unpaired) electrons. The topological polar surface area (TPSA) is 113 Å². The van der Waals surface area contributed by atoms with E-state index in [-0.39, 0.29) is 12.5 Å². The maximum absolute atomic E-state index is 12.2. The van der Waals surface area contributed by atoms with Crippen LogP contribution in [0.1, 0.15) is 64.7 Å². The van der Waals surface area contributed by atoms with Crippen LogP contribution in [0.2, 0.25) is 0 Å². The highest BCUT2D eigenvalue weighted by molar-refractivity contribution is 7.90. The second-order valence-electron chi connectivity index (χ2n) is 7.44. The van der Waals surface area contributed by atoms with E-state index in [2.05, 4.69) is 17.0 Å². The van der Waals surface area contributed by atoms with Crippen LogP contribution in [0.3, 0.4) is 0 Å². The first-order valence-corrected chi connectivity index (χ1v) is 10.4. The zero-order valence-electron chi connectivity index (χ0n) is 14.2. The zero-order chi connectivity index (χ0) is 17.8. The Morgan fingerprint density at radius 2 is 1.71 bits per heavy atom. The Bertz CT molecular complexity index is 561. The predicted octanol–water partition coefficient (Wildman–Crippen LogP) is 1.39. The van der Waals surface area contributed by atoms with Crippen molar-refractivity contribution in [2.45, 2.75) is 76.3 Å². The molecular weight excluding hydrogens is 332 g/mol. The third kappa shape index (κ3) is 5.73. The Balaban J connectivity index is 1.89. The van der Waals surface area contributed by atoms with E-state index >= 15 is 0 Å². The molecule has 1 amide bonds. The van der Waals surface area contributed by atoms with E-state index in [0.29, 0.717) is 18.8 Å². The van der Waals surface area contributed by atoms with Crippen LogP contribution in [0.25, 0.3) is 0 Å². The molecule has 0 saturated heterocycles. The number of aliphatic carboxylic acids is 1. The van der Waals surface area contributed by atoms with Gasteiger partial charge in [-0.3, -0.25) is 9.59 Å². The molecule has 0 atom stereocenters. The summed E-state index contributed by atoms with van der Waals surface area (Å²) >= 11 is 0. The van der Waals surface area contributed by atoms with Crippen molar-refractivity contribution >= 4 is 21.9 Å². The molecule has 2 aliphatic carbocycles. The summed E-state index contributed by atoms with van der Waals surface area (Å²) in [5, 5.41) is 11.7. The summed E-state index contributed by atoms with van der Waals surface area (Å²) in [5.74, 6) is -1.61. The Morgan fingerprint density at radius 3 is 2.25 bits per heavy atom. The molecule has 0 bridgehead atoms. The van der Waals surface area contributed by atoms with Gasteiger partial charge in [0.1, 0.15) is 5.75 Å². The number of hydrogen-bond acceptors (Lipinski definition) is 4. The van der Waals surface area contributed by atoms with Gasteiger partial charge >= 0.3 is 5.97 Å². The monoisotopic (exact) mass is 360 g/mol. The van der Waals surface area contributed by atoms with Crippen molar-refractivity contribution in [2.75, 3.05) is 5.75 Å². The third-order valence-corrected chi connectivity index (χ3v) is 6.47. The van der Waals surface area contributed by atoms with Gasteiger partial charge in [0.05, 0.1) is 12.0 Å². The smallest absolute Gasteiger partial charge is 0.305 e. The minimum absolute atomic E-state index is 0.0986. The molecule has 0 aromatic heterocycles. The lowest BCUT2D eigenvalue weighted by Crippen LogP contribution is -2.51. The van der Waals surface area contributed by atoms with Crippen LogP contribution in [0.15, 0.2) is 0 Å². The quantitative estimate of drug-likeness (QED) is 0.635. The molecule has 2 aliphatic rings. The van der Waals surface area contributed by atoms with Crippen molar-refractivity contribution in [2.24, 2.45) is 5.92 Å². The SMILES string of the molecule is CC1CCC(NS(=O)(=O)CC(=O)NC2(CC(=O)O)CCCC2)CC1. The summed E-state index contributed by atoms with van der Waals surface area (Å²) in [4.78, 5) is 23.2. The average molecular weight is 360 g/mol. The molecule has 138 valence electrons. The van der Waals surface area contributed by atoms with Gasteiger partial charge in [0, 0.05) is 6.04 Å². The molecule has 2 fully saturated rings. The molecule has 2 saturated carbocycles. The first kappa shape index (κ1) is 19.2. The molecule has 0 aromatic rings. The Morgan fingerprint density at radius 1 is 1.12 bits per heavy atom. The Kier molecular flexibility index (Phi) is 6.25. The maximum Gasteiger partial charge on any atom is 0.305 e. The number of carbonyl (C=O) groups is 2. The van der Waals surface area contributed by atoms with Crippen LogP contribution >= 0.6 is 0 Å². The zero-order valence-corrected chi connectivity index (χ0v) is 15.0. The van der Waals surface area contributed by atoms with Gasteiger partial charge in [0.15, 0.2) is 0 Å². The molecule has 0 aromatic carbocycles. The molecule has 0 spiro atoms. The summed E-state index contributed by atoms with van der Waals surface area (Å²) in [7, 11) is -3.70. The highest BCUT2D eigenvalue weighted by atomic mass is 32.2. The first-order chi connectivity index (χ1) is 11.2. The van der Waals surface area contributed by atoms with Crippen LogP contribution in [0, 0.1) is 5.92 Å². The molecular formula is C16H28N2O5S.